The minimum absolute atomic E-state index is 0.0308. The Bertz CT molecular complexity index is 717. The van der Waals surface area contributed by atoms with E-state index in [4.69, 9.17) is 44.1 Å². The summed E-state index contributed by atoms with van der Waals surface area (Å²) in [6.07, 6.45) is -0.278. The summed E-state index contributed by atoms with van der Waals surface area (Å²) in [4.78, 5) is 11.8. The van der Waals surface area contributed by atoms with Crippen molar-refractivity contribution < 1.29 is 19.2 Å². The van der Waals surface area contributed by atoms with E-state index in [0.29, 0.717) is 28.5 Å². The fourth-order valence-corrected chi connectivity index (χ4v) is 2.65. The molecular formula is C16H17Cl3N2O4. The van der Waals surface area contributed by atoms with Crippen molar-refractivity contribution in [3.05, 3.63) is 44.7 Å². The van der Waals surface area contributed by atoms with E-state index < -0.39 is 6.10 Å². The molecule has 0 saturated carbocycles. The van der Waals surface area contributed by atoms with Crippen LogP contribution >= 0.6 is 34.8 Å². The number of rotatable bonds is 8. The molecule has 6 nitrogen and oxygen atoms in total. The number of amides is 1. The maximum atomic E-state index is 11.8. The van der Waals surface area contributed by atoms with Crippen LogP contribution in [0.15, 0.2) is 22.7 Å². The third-order valence-corrected chi connectivity index (χ3v) is 4.52. The van der Waals surface area contributed by atoms with Crippen molar-refractivity contribution in [2.75, 3.05) is 13.2 Å². The molecule has 0 spiro atoms. The van der Waals surface area contributed by atoms with Gasteiger partial charge in [-0.05, 0) is 37.1 Å². The van der Waals surface area contributed by atoms with E-state index in [1.165, 1.54) is 0 Å². The van der Waals surface area contributed by atoms with Gasteiger partial charge in [0.15, 0.2) is 0 Å². The Morgan fingerprint density at radius 3 is 2.84 bits per heavy atom. The van der Waals surface area contributed by atoms with E-state index in [9.17, 15) is 9.90 Å². The topological polar surface area (TPSA) is 84.6 Å². The number of carbonyl (C=O) groups is 1. The van der Waals surface area contributed by atoms with E-state index in [1.807, 2.05) is 0 Å². The number of aryl methyl sites for hydroxylation is 1. The predicted molar refractivity (Wildman–Crippen MR) is 95.5 cm³/mol. The zero-order valence-electron chi connectivity index (χ0n) is 13.4. The van der Waals surface area contributed by atoms with Gasteiger partial charge in [-0.2, -0.15) is 0 Å². The second-order valence-corrected chi connectivity index (χ2v) is 6.47. The SMILES string of the molecule is Cc1noc(Cl)c1CCC(=O)NCC(O)COc1cccc(Cl)c1Cl. The van der Waals surface area contributed by atoms with E-state index in [2.05, 4.69) is 10.5 Å². The van der Waals surface area contributed by atoms with Gasteiger partial charge in [0.05, 0.1) is 10.7 Å². The van der Waals surface area contributed by atoms with Gasteiger partial charge in [0, 0.05) is 18.5 Å². The lowest BCUT2D eigenvalue weighted by Gasteiger charge is -2.14. The van der Waals surface area contributed by atoms with Crippen molar-refractivity contribution in [3.8, 4) is 5.75 Å². The summed E-state index contributed by atoms with van der Waals surface area (Å²) in [6.45, 7) is 1.77. The van der Waals surface area contributed by atoms with Crippen LogP contribution in [-0.2, 0) is 11.2 Å². The van der Waals surface area contributed by atoms with Crippen LogP contribution in [0.25, 0.3) is 0 Å². The van der Waals surface area contributed by atoms with Crippen LogP contribution in [0.2, 0.25) is 15.3 Å². The standard InChI is InChI=1S/C16H17Cl3N2O4/c1-9-11(16(19)25-21-9)5-6-14(23)20-7-10(22)8-24-13-4-2-3-12(17)15(13)18/h2-4,10,22H,5-8H2,1H3,(H,20,23). The highest BCUT2D eigenvalue weighted by Gasteiger charge is 2.14. The van der Waals surface area contributed by atoms with Crippen LogP contribution in [0, 0.1) is 6.92 Å². The molecule has 2 rings (SSSR count). The number of aliphatic hydroxyl groups is 1. The molecule has 1 heterocycles. The molecule has 1 aromatic carbocycles. The molecule has 2 aromatic rings. The van der Waals surface area contributed by atoms with E-state index in [0.717, 1.165) is 0 Å². The number of nitrogens with zero attached hydrogens (tertiary/aromatic N) is 1. The van der Waals surface area contributed by atoms with Crippen molar-refractivity contribution in [1.29, 1.82) is 0 Å². The number of benzene rings is 1. The molecule has 2 N–H and O–H groups in total. The molecular weight excluding hydrogens is 391 g/mol. The Morgan fingerprint density at radius 2 is 2.16 bits per heavy atom. The lowest BCUT2D eigenvalue weighted by Crippen LogP contribution is -2.35. The number of aliphatic hydroxyl groups excluding tert-OH is 1. The van der Waals surface area contributed by atoms with Crippen molar-refractivity contribution >= 4 is 40.7 Å². The zero-order chi connectivity index (χ0) is 18.4. The molecule has 1 amide bonds. The molecule has 0 aliphatic heterocycles. The summed E-state index contributed by atoms with van der Waals surface area (Å²) in [5, 5.41) is 17.1. The molecule has 136 valence electrons. The summed E-state index contributed by atoms with van der Waals surface area (Å²) in [5.41, 5.74) is 1.36. The van der Waals surface area contributed by atoms with Crippen molar-refractivity contribution in [2.24, 2.45) is 0 Å². The Balaban J connectivity index is 1.71. The normalized spacial score (nSPS) is 12.0. The van der Waals surface area contributed by atoms with Gasteiger partial charge >= 0.3 is 0 Å². The van der Waals surface area contributed by atoms with Crippen molar-refractivity contribution in [1.82, 2.24) is 10.5 Å². The molecule has 0 fully saturated rings. The highest BCUT2D eigenvalue weighted by atomic mass is 35.5. The van der Waals surface area contributed by atoms with Gasteiger partial charge in [-0.25, -0.2) is 0 Å². The fourth-order valence-electron chi connectivity index (χ4n) is 2.04. The van der Waals surface area contributed by atoms with Gasteiger partial charge < -0.3 is 19.7 Å². The Kier molecular flexibility index (Phi) is 7.38. The Hall–Kier alpha value is -1.47. The molecule has 0 aliphatic rings. The van der Waals surface area contributed by atoms with Crippen LogP contribution in [0.3, 0.4) is 0 Å². The van der Waals surface area contributed by atoms with Gasteiger partial charge in [0.25, 0.3) is 0 Å². The van der Waals surface area contributed by atoms with Gasteiger partial charge in [0.2, 0.25) is 11.1 Å². The number of aromatic nitrogens is 1. The maximum Gasteiger partial charge on any atom is 0.229 e. The van der Waals surface area contributed by atoms with Crippen LogP contribution in [0.1, 0.15) is 17.7 Å². The van der Waals surface area contributed by atoms with Crippen LogP contribution in [-0.4, -0.2) is 35.4 Å². The molecule has 1 aromatic heterocycles. The fraction of sp³-hybridized carbons (Fsp3) is 0.375. The molecule has 0 bridgehead atoms. The lowest BCUT2D eigenvalue weighted by molar-refractivity contribution is -0.121. The smallest absolute Gasteiger partial charge is 0.229 e. The first kappa shape index (κ1) is 19.8. The first-order valence-electron chi connectivity index (χ1n) is 7.50. The van der Waals surface area contributed by atoms with Gasteiger partial charge in [0.1, 0.15) is 23.5 Å². The van der Waals surface area contributed by atoms with Crippen LogP contribution in [0.5, 0.6) is 5.75 Å². The summed E-state index contributed by atoms with van der Waals surface area (Å²) in [7, 11) is 0. The summed E-state index contributed by atoms with van der Waals surface area (Å²) in [6, 6.07) is 4.97. The number of hydrogen-bond donors (Lipinski definition) is 2. The molecule has 25 heavy (non-hydrogen) atoms. The average molecular weight is 408 g/mol. The van der Waals surface area contributed by atoms with Crippen LogP contribution in [0.4, 0.5) is 0 Å². The van der Waals surface area contributed by atoms with Gasteiger partial charge in [-0.15, -0.1) is 0 Å². The highest BCUT2D eigenvalue weighted by Crippen LogP contribution is 2.31. The lowest BCUT2D eigenvalue weighted by atomic mass is 10.1. The number of ether oxygens (including phenoxy) is 1. The quantitative estimate of drug-likeness (QED) is 0.700. The van der Waals surface area contributed by atoms with E-state index in [1.54, 1.807) is 25.1 Å². The number of carbonyl (C=O) groups excluding carboxylic acids is 1. The van der Waals surface area contributed by atoms with Crippen LogP contribution < -0.4 is 10.1 Å². The first-order chi connectivity index (χ1) is 11.9. The first-order valence-corrected chi connectivity index (χ1v) is 8.64. The maximum absolute atomic E-state index is 11.8. The summed E-state index contributed by atoms with van der Waals surface area (Å²) >= 11 is 17.7. The largest absolute Gasteiger partial charge is 0.489 e. The summed E-state index contributed by atoms with van der Waals surface area (Å²) < 4.78 is 10.2. The van der Waals surface area contributed by atoms with Gasteiger partial charge in [-0.3, -0.25) is 4.79 Å². The van der Waals surface area contributed by atoms with E-state index in [-0.39, 0.29) is 35.7 Å². The Morgan fingerprint density at radius 1 is 1.40 bits per heavy atom. The monoisotopic (exact) mass is 406 g/mol. The van der Waals surface area contributed by atoms with E-state index >= 15 is 0 Å². The van der Waals surface area contributed by atoms with Crippen molar-refractivity contribution in [2.45, 2.75) is 25.9 Å². The summed E-state index contributed by atoms with van der Waals surface area (Å²) in [5.74, 6) is 0.147. The molecule has 0 radical (unpaired) electrons. The third kappa shape index (κ3) is 5.78. The second kappa shape index (κ2) is 9.29. The Labute approximate surface area is 160 Å². The van der Waals surface area contributed by atoms with Crippen molar-refractivity contribution in [3.63, 3.8) is 0 Å². The third-order valence-electron chi connectivity index (χ3n) is 3.42. The van der Waals surface area contributed by atoms with Gasteiger partial charge in [-0.1, -0.05) is 34.4 Å². The predicted octanol–water partition coefficient (Wildman–Crippen LogP) is 3.43. The molecule has 0 saturated heterocycles. The number of halogens is 3. The molecule has 0 aliphatic carbocycles. The number of nitrogens with one attached hydrogen (secondary N) is 1. The molecule has 9 heteroatoms. The highest BCUT2D eigenvalue weighted by molar-refractivity contribution is 6.42. The molecule has 1 atom stereocenters. The number of hydrogen-bond acceptors (Lipinski definition) is 5. The zero-order valence-corrected chi connectivity index (χ0v) is 15.7. The second-order valence-electron chi connectivity index (χ2n) is 5.34. The average Bonchev–Trinajstić information content (AvgIpc) is 2.90. The minimum atomic E-state index is -0.889. The minimum Gasteiger partial charge on any atom is -0.489 e. The molecule has 1 unspecified atom stereocenters.